The van der Waals surface area contributed by atoms with Crippen molar-refractivity contribution in [3.63, 3.8) is 0 Å². The summed E-state index contributed by atoms with van der Waals surface area (Å²) in [7, 11) is -4.29. The third-order valence-corrected chi connectivity index (χ3v) is 8.26. The Morgan fingerprint density at radius 3 is 2.58 bits per heavy atom. The topological polar surface area (TPSA) is 183 Å². The minimum Gasteiger partial charge on any atom is -0.435 e. The average molecular weight is 592 g/mol. The van der Waals surface area contributed by atoms with Gasteiger partial charge in [0.25, 0.3) is 0 Å². The number of aromatic amines is 1. The lowest BCUT2D eigenvalue weighted by Crippen LogP contribution is -2.55. The molecule has 1 aliphatic heterocycles. The lowest BCUT2D eigenvalue weighted by Gasteiger charge is -2.39. The minimum atomic E-state index is -4.29. The number of rotatable bonds is 10. The third kappa shape index (κ3) is 7.50. The summed E-state index contributed by atoms with van der Waals surface area (Å²) in [5.74, 6) is 0.0839. The number of nitrogens with zero attached hydrogens (tertiary/aromatic N) is 2. The van der Waals surface area contributed by atoms with Gasteiger partial charge in [0.05, 0.1) is 33.3 Å². The van der Waals surface area contributed by atoms with E-state index in [2.05, 4.69) is 14.7 Å². The molecule has 38 heavy (non-hydrogen) atoms. The fourth-order valence-electron chi connectivity index (χ4n) is 4.09. The second-order valence-electron chi connectivity index (χ2n) is 9.05. The fraction of sp³-hybridized carbons (Fsp3) is 0.522. The average Bonchev–Trinajstić information content (AvgIpc) is 3.39. The summed E-state index contributed by atoms with van der Waals surface area (Å²) in [6.45, 7) is 3.97. The molecular weight excluding hydrogens is 559 g/mol. The van der Waals surface area contributed by atoms with E-state index in [1.165, 1.54) is 4.90 Å². The van der Waals surface area contributed by atoms with Crippen molar-refractivity contribution in [1.82, 2.24) is 19.6 Å². The van der Waals surface area contributed by atoms with Crippen LogP contribution in [0.1, 0.15) is 51.4 Å². The molecule has 12 nitrogen and oxygen atoms in total. The van der Waals surface area contributed by atoms with Crippen molar-refractivity contribution in [3.8, 4) is 0 Å². The maximum absolute atomic E-state index is 13.8. The Hall–Kier alpha value is -2.58. The van der Waals surface area contributed by atoms with E-state index in [1.807, 2.05) is 6.92 Å². The van der Waals surface area contributed by atoms with Crippen molar-refractivity contribution in [3.05, 3.63) is 40.4 Å². The second-order valence-corrected chi connectivity index (χ2v) is 11.6. The highest BCUT2D eigenvalue weighted by Crippen LogP contribution is 2.31. The highest BCUT2D eigenvalue weighted by molar-refractivity contribution is 7.89. The number of nitrogens with two attached hydrogens (primary N) is 2. The van der Waals surface area contributed by atoms with Gasteiger partial charge in [0.15, 0.2) is 6.23 Å². The Kier molecular flexibility index (Phi) is 10.2. The molecule has 1 aromatic carbocycles. The predicted octanol–water partition coefficient (Wildman–Crippen LogP) is 3.18. The molecule has 1 aliphatic rings. The highest BCUT2D eigenvalue weighted by Gasteiger charge is 2.38. The van der Waals surface area contributed by atoms with Crippen LogP contribution in [0.2, 0.25) is 10.0 Å². The number of amides is 1. The lowest BCUT2D eigenvalue weighted by atomic mass is 9.96. The van der Waals surface area contributed by atoms with Crippen molar-refractivity contribution >= 4 is 51.0 Å². The van der Waals surface area contributed by atoms with Gasteiger partial charge in [-0.15, -0.1) is 0 Å². The Morgan fingerprint density at radius 1 is 1.29 bits per heavy atom. The maximum atomic E-state index is 13.8. The molecule has 1 amide bonds. The van der Waals surface area contributed by atoms with Gasteiger partial charge in [-0.3, -0.25) is 4.79 Å². The van der Waals surface area contributed by atoms with E-state index in [4.69, 9.17) is 44.1 Å². The van der Waals surface area contributed by atoms with Crippen LogP contribution in [0.3, 0.4) is 0 Å². The zero-order chi connectivity index (χ0) is 28.0. The Morgan fingerprint density at radius 2 is 1.97 bits per heavy atom. The molecule has 2 heterocycles. The van der Waals surface area contributed by atoms with Crippen LogP contribution in [0.5, 0.6) is 0 Å². The van der Waals surface area contributed by atoms with Crippen molar-refractivity contribution < 1.29 is 27.5 Å². The van der Waals surface area contributed by atoms with E-state index in [0.29, 0.717) is 18.7 Å². The first-order valence-electron chi connectivity index (χ1n) is 12.1. The van der Waals surface area contributed by atoms with Gasteiger partial charge in [-0.1, -0.05) is 30.1 Å². The molecule has 6 N–H and O–H groups in total. The molecule has 1 saturated heterocycles. The van der Waals surface area contributed by atoms with Crippen LogP contribution >= 0.6 is 23.2 Å². The van der Waals surface area contributed by atoms with Gasteiger partial charge in [0.1, 0.15) is 11.9 Å². The van der Waals surface area contributed by atoms with Crippen molar-refractivity contribution in [2.75, 3.05) is 18.9 Å². The standard InChI is InChI=1S/C23H32Cl2N6O6S/c1-3-36-23(33)37-19-10-13(2)6-9-31(19)22(32)18(5-4-17(26)21-28-7-8-29-21)30-38(34,35)14-11-15(24)20(27)16(25)12-14/h7-8,11-13,17-19,30H,3-6,9-10,26-27H2,1-2H3,(H,28,29)/t13-,17?,18+,19-/m1/s1. The summed E-state index contributed by atoms with van der Waals surface area (Å²) in [4.78, 5) is 34.0. The predicted molar refractivity (Wildman–Crippen MR) is 142 cm³/mol. The van der Waals surface area contributed by atoms with Gasteiger partial charge < -0.3 is 30.8 Å². The van der Waals surface area contributed by atoms with Crippen LogP contribution in [-0.2, 0) is 24.3 Å². The number of imidazole rings is 1. The second kappa shape index (κ2) is 13.0. The van der Waals surface area contributed by atoms with Crippen LogP contribution in [0, 0.1) is 5.92 Å². The van der Waals surface area contributed by atoms with Crippen LogP contribution in [0.4, 0.5) is 10.5 Å². The number of hydrogen-bond acceptors (Lipinski definition) is 9. The Labute approximate surface area is 231 Å². The van der Waals surface area contributed by atoms with Crippen molar-refractivity contribution in [2.24, 2.45) is 11.7 Å². The van der Waals surface area contributed by atoms with Crippen LogP contribution in [-0.4, -0.2) is 60.8 Å². The molecule has 1 fully saturated rings. The Balaban J connectivity index is 1.89. The van der Waals surface area contributed by atoms with E-state index in [0.717, 1.165) is 12.1 Å². The molecule has 0 bridgehead atoms. The first-order valence-corrected chi connectivity index (χ1v) is 14.3. The number of hydrogen-bond donors (Lipinski definition) is 4. The zero-order valence-corrected chi connectivity index (χ0v) is 23.4. The van der Waals surface area contributed by atoms with Gasteiger partial charge in [0.2, 0.25) is 15.9 Å². The molecule has 0 aliphatic carbocycles. The maximum Gasteiger partial charge on any atom is 0.510 e. The number of benzene rings is 1. The number of piperidine rings is 1. The molecule has 4 atom stereocenters. The summed E-state index contributed by atoms with van der Waals surface area (Å²) in [5, 5.41) is -0.0953. The van der Waals surface area contributed by atoms with Gasteiger partial charge in [-0.25, -0.2) is 18.2 Å². The Bertz CT molecular complexity index is 1210. The minimum absolute atomic E-state index is 0.0224. The van der Waals surface area contributed by atoms with Gasteiger partial charge in [-0.05, 0) is 44.2 Å². The summed E-state index contributed by atoms with van der Waals surface area (Å²) in [6, 6.07) is 0.462. The molecule has 1 aromatic heterocycles. The summed E-state index contributed by atoms with van der Waals surface area (Å²) < 4.78 is 39.4. The molecule has 1 unspecified atom stereocenters. The molecule has 0 radical (unpaired) electrons. The largest absolute Gasteiger partial charge is 0.510 e. The highest BCUT2D eigenvalue weighted by atomic mass is 35.5. The van der Waals surface area contributed by atoms with E-state index in [9.17, 15) is 18.0 Å². The van der Waals surface area contributed by atoms with Gasteiger partial charge >= 0.3 is 6.16 Å². The monoisotopic (exact) mass is 590 g/mol. The molecule has 2 aromatic rings. The number of sulfonamides is 1. The molecule has 210 valence electrons. The number of carbonyl (C=O) groups excluding carboxylic acids is 2. The van der Waals surface area contributed by atoms with Crippen LogP contribution < -0.4 is 16.2 Å². The third-order valence-electron chi connectivity index (χ3n) is 6.19. The molecule has 0 saturated carbocycles. The molecule has 15 heteroatoms. The summed E-state index contributed by atoms with van der Waals surface area (Å²) >= 11 is 12.1. The van der Waals surface area contributed by atoms with Gasteiger partial charge in [-0.2, -0.15) is 4.72 Å². The summed E-state index contributed by atoms with van der Waals surface area (Å²) in [5.41, 5.74) is 12.0. The number of likely N-dealkylation sites (tertiary alicyclic amines) is 1. The quantitative estimate of drug-likeness (QED) is 0.238. The number of nitrogens with one attached hydrogen (secondary N) is 2. The number of nitrogen functional groups attached to an aromatic ring is 1. The number of halogens is 2. The van der Waals surface area contributed by atoms with Crippen molar-refractivity contribution in [2.45, 2.75) is 62.7 Å². The van der Waals surface area contributed by atoms with E-state index in [-0.39, 0.29) is 52.5 Å². The van der Waals surface area contributed by atoms with E-state index < -0.39 is 40.4 Å². The molecular formula is C23H32Cl2N6O6S. The normalized spacial score (nSPS) is 19.6. The smallest absolute Gasteiger partial charge is 0.435 e. The lowest BCUT2D eigenvalue weighted by molar-refractivity contribution is -0.150. The van der Waals surface area contributed by atoms with E-state index in [1.54, 1.807) is 19.3 Å². The summed E-state index contributed by atoms with van der Waals surface area (Å²) in [6.07, 6.45) is 2.58. The molecule has 0 spiro atoms. The van der Waals surface area contributed by atoms with E-state index >= 15 is 0 Å². The number of carbonyl (C=O) groups is 2. The van der Waals surface area contributed by atoms with Crippen molar-refractivity contribution in [1.29, 1.82) is 0 Å². The number of ether oxygens (including phenoxy) is 2. The number of anilines is 1. The van der Waals surface area contributed by atoms with Gasteiger partial charge in [0, 0.05) is 25.4 Å². The van der Waals surface area contributed by atoms with Crippen LogP contribution in [0.25, 0.3) is 0 Å². The van der Waals surface area contributed by atoms with Crippen LogP contribution in [0.15, 0.2) is 29.4 Å². The number of aromatic nitrogens is 2. The SMILES string of the molecule is CCOC(=O)O[C@@H]1C[C@H](C)CCN1C(=O)[C@H](CCC(N)c1ncc[nH]1)NS(=O)(=O)c1cc(Cl)c(N)c(Cl)c1. The fourth-order valence-corrected chi connectivity index (χ4v) is 5.98. The first kappa shape index (κ1) is 30.0. The zero-order valence-electron chi connectivity index (χ0n) is 21.0. The number of H-pyrrole nitrogens is 1. The molecule has 3 rings (SSSR count). The first-order chi connectivity index (χ1) is 17.9.